The summed E-state index contributed by atoms with van der Waals surface area (Å²) >= 11 is 0. The van der Waals surface area contributed by atoms with Crippen LogP contribution in [0.4, 0.5) is 0 Å². The number of rotatable bonds is 7. The molecule has 1 atom stereocenters. The normalized spacial score (nSPS) is 19.0. The Labute approximate surface area is 149 Å². The van der Waals surface area contributed by atoms with Gasteiger partial charge in [-0.05, 0) is 30.5 Å². The summed E-state index contributed by atoms with van der Waals surface area (Å²) in [5, 5.41) is 0. The second-order valence-electron chi connectivity index (χ2n) is 6.07. The molecule has 0 radical (unpaired) electrons. The fraction of sp³-hybridized carbons (Fsp3) is 0.389. The van der Waals surface area contributed by atoms with E-state index in [9.17, 15) is 8.42 Å². The van der Waals surface area contributed by atoms with E-state index in [1.54, 1.807) is 6.20 Å². The summed E-state index contributed by atoms with van der Waals surface area (Å²) in [6.07, 6.45) is 3.27. The standard InChI is InChI=1S/C18H23N3O3S/c22-25(23,20-13-16-7-2-1-3-8-16)21-12-6-10-18(14-21)24-15-17-9-4-5-11-19-17/h1-5,7-9,11,18,20H,6,10,12-15H2/t18-/m0/s1. The van der Waals surface area contributed by atoms with Crippen LogP contribution in [0.25, 0.3) is 0 Å². The molecule has 1 aromatic heterocycles. The van der Waals surface area contributed by atoms with E-state index in [4.69, 9.17) is 4.74 Å². The highest BCUT2D eigenvalue weighted by Gasteiger charge is 2.29. The van der Waals surface area contributed by atoms with Gasteiger partial charge >= 0.3 is 0 Å². The second kappa shape index (κ2) is 8.53. The number of ether oxygens (including phenoxy) is 1. The topological polar surface area (TPSA) is 71.5 Å². The molecule has 0 spiro atoms. The Morgan fingerprint density at radius 1 is 1.16 bits per heavy atom. The van der Waals surface area contributed by atoms with Gasteiger partial charge in [-0.3, -0.25) is 4.98 Å². The van der Waals surface area contributed by atoms with Crippen LogP contribution in [0.1, 0.15) is 24.1 Å². The van der Waals surface area contributed by atoms with Crippen molar-refractivity contribution in [1.82, 2.24) is 14.0 Å². The molecular weight excluding hydrogens is 338 g/mol. The van der Waals surface area contributed by atoms with Gasteiger partial charge in [0.15, 0.2) is 0 Å². The Balaban J connectivity index is 1.52. The van der Waals surface area contributed by atoms with E-state index in [2.05, 4.69) is 9.71 Å². The fourth-order valence-electron chi connectivity index (χ4n) is 2.81. The van der Waals surface area contributed by atoms with Gasteiger partial charge in [0.05, 0.1) is 18.4 Å². The number of pyridine rings is 1. The zero-order chi connectivity index (χ0) is 17.5. The van der Waals surface area contributed by atoms with E-state index >= 15 is 0 Å². The van der Waals surface area contributed by atoms with Crippen LogP contribution in [0.5, 0.6) is 0 Å². The maximum absolute atomic E-state index is 12.5. The number of aromatic nitrogens is 1. The quantitative estimate of drug-likeness (QED) is 0.820. The van der Waals surface area contributed by atoms with Gasteiger partial charge in [-0.25, -0.2) is 0 Å². The molecule has 1 saturated heterocycles. The van der Waals surface area contributed by atoms with Gasteiger partial charge in [-0.1, -0.05) is 36.4 Å². The number of benzene rings is 1. The molecule has 3 rings (SSSR count). The molecule has 2 aromatic rings. The molecule has 134 valence electrons. The third-order valence-corrected chi connectivity index (χ3v) is 5.70. The molecule has 7 heteroatoms. The second-order valence-corrected chi connectivity index (χ2v) is 7.82. The molecule has 25 heavy (non-hydrogen) atoms. The van der Waals surface area contributed by atoms with E-state index in [0.717, 1.165) is 24.1 Å². The molecule has 1 fully saturated rings. The van der Waals surface area contributed by atoms with Crippen LogP contribution < -0.4 is 4.72 Å². The van der Waals surface area contributed by atoms with Crippen LogP contribution in [0.2, 0.25) is 0 Å². The number of piperidine rings is 1. The van der Waals surface area contributed by atoms with E-state index in [0.29, 0.717) is 26.2 Å². The van der Waals surface area contributed by atoms with E-state index in [-0.39, 0.29) is 6.10 Å². The SMILES string of the molecule is O=S(=O)(NCc1ccccc1)N1CCC[C@H](OCc2ccccn2)C1. The van der Waals surface area contributed by atoms with Gasteiger partial charge in [-0.2, -0.15) is 17.4 Å². The molecule has 0 aliphatic carbocycles. The summed E-state index contributed by atoms with van der Waals surface area (Å²) in [6, 6.07) is 15.2. The Kier molecular flexibility index (Phi) is 6.14. The molecule has 6 nitrogen and oxygen atoms in total. The van der Waals surface area contributed by atoms with Crippen molar-refractivity contribution in [3.05, 3.63) is 66.0 Å². The first-order valence-electron chi connectivity index (χ1n) is 8.44. The van der Waals surface area contributed by atoms with Crippen LogP contribution in [0, 0.1) is 0 Å². The summed E-state index contributed by atoms with van der Waals surface area (Å²) in [5.74, 6) is 0. The van der Waals surface area contributed by atoms with Gasteiger partial charge in [-0.15, -0.1) is 0 Å². The minimum absolute atomic E-state index is 0.107. The van der Waals surface area contributed by atoms with E-state index in [1.165, 1.54) is 4.31 Å². The number of hydrogen-bond acceptors (Lipinski definition) is 4. The monoisotopic (exact) mass is 361 g/mol. The lowest BCUT2D eigenvalue weighted by molar-refractivity contribution is 0.00642. The molecule has 0 bridgehead atoms. The molecule has 0 amide bonds. The van der Waals surface area contributed by atoms with Crippen molar-refractivity contribution in [3.63, 3.8) is 0 Å². The van der Waals surface area contributed by atoms with Crippen LogP contribution in [-0.2, 0) is 28.1 Å². The lowest BCUT2D eigenvalue weighted by atomic mass is 10.1. The molecule has 1 aliphatic rings. The number of nitrogens with one attached hydrogen (secondary N) is 1. The summed E-state index contributed by atoms with van der Waals surface area (Å²) in [6.45, 7) is 1.58. The van der Waals surface area contributed by atoms with E-state index < -0.39 is 10.2 Å². The van der Waals surface area contributed by atoms with Gasteiger partial charge in [0.2, 0.25) is 0 Å². The van der Waals surface area contributed by atoms with Crippen molar-refractivity contribution in [3.8, 4) is 0 Å². The van der Waals surface area contributed by atoms with Gasteiger partial charge in [0.25, 0.3) is 10.2 Å². The van der Waals surface area contributed by atoms with Crippen LogP contribution >= 0.6 is 0 Å². The smallest absolute Gasteiger partial charge is 0.279 e. The van der Waals surface area contributed by atoms with E-state index in [1.807, 2.05) is 48.5 Å². The van der Waals surface area contributed by atoms with Crippen LogP contribution in [-0.4, -0.2) is 36.9 Å². The van der Waals surface area contributed by atoms with Gasteiger partial charge < -0.3 is 4.74 Å². The molecule has 2 heterocycles. The average Bonchev–Trinajstić information content (AvgIpc) is 2.67. The summed E-state index contributed by atoms with van der Waals surface area (Å²) in [4.78, 5) is 4.22. The Morgan fingerprint density at radius 3 is 2.72 bits per heavy atom. The zero-order valence-corrected chi connectivity index (χ0v) is 14.9. The van der Waals surface area contributed by atoms with Crippen molar-refractivity contribution in [2.24, 2.45) is 0 Å². The molecule has 1 N–H and O–H groups in total. The highest BCUT2D eigenvalue weighted by Crippen LogP contribution is 2.17. The molecule has 0 unspecified atom stereocenters. The third-order valence-electron chi connectivity index (χ3n) is 4.18. The van der Waals surface area contributed by atoms with Crippen molar-refractivity contribution in [2.45, 2.75) is 32.1 Å². The predicted molar refractivity (Wildman–Crippen MR) is 95.8 cm³/mol. The average molecular weight is 361 g/mol. The van der Waals surface area contributed by atoms with Crippen molar-refractivity contribution in [2.75, 3.05) is 13.1 Å². The zero-order valence-electron chi connectivity index (χ0n) is 14.0. The highest BCUT2D eigenvalue weighted by atomic mass is 32.2. The number of hydrogen-bond donors (Lipinski definition) is 1. The minimum Gasteiger partial charge on any atom is -0.371 e. The first kappa shape index (κ1) is 18.0. The lowest BCUT2D eigenvalue weighted by Gasteiger charge is -2.31. The fourth-order valence-corrected chi connectivity index (χ4v) is 4.07. The number of nitrogens with zero attached hydrogens (tertiary/aromatic N) is 2. The third kappa shape index (κ3) is 5.34. The predicted octanol–water partition coefficient (Wildman–Crippen LogP) is 2.10. The lowest BCUT2D eigenvalue weighted by Crippen LogP contribution is -2.47. The summed E-state index contributed by atoms with van der Waals surface area (Å²) in [7, 11) is -3.51. The van der Waals surface area contributed by atoms with Crippen molar-refractivity contribution in [1.29, 1.82) is 0 Å². The molecule has 1 aliphatic heterocycles. The maximum atomic E-state index is 12.5. The molecular formula is C18H23N3O3S. The Morgan fingerprint density at radius 2 is 1.96 bits per heavy atom. The van der Waals surface area contributed by atoms with Gasteiger partial charge in [0, 0.05) is 25.8 Å². The van der Waals surface area contributed by atoms with Crippen LogP contribution in [0.15, 0.2) is 54.7 Å². The highest BCUT2D eigenvalue weighted by molar-refractivity contribution is 7.87. The van der Waals surface area contributed by atoms with Crippen molar-refractivity contribution >= 4 is 10.2 Å². The first-order valence-corrected chi connectivity index (χ1v) is 9.88. The Bertz CT molecular complexity index is 754. The summed E-state index contributed by atoms with van der Waals surface area (Å²) in [5.41, 5.74) is 1.79. The first-order chi connectivity index (χ1) is 12.1. The summed E-state index contributed by atoms with van der Waals surface area (Å²) < 4.78 is 35.1. The largest absolute Gasteiger partial charge is 0.371 e. The van der Waals surface area contributed by atoms with Crippen molar-refractivity contribution < 1.29 is 13.2 Å². The minimum atomic E-state index is -3.51. The molecule has 1 aromatic carbocycles. The van der Waals surface area contributed by atoms with Crippen LogP contribution in [0.3, 0.4) is 0 Å². The van der Waals surface area contributed by atoms with Gasteiger partial charge in [0.1, 0.15) is 0 Å². The molecule has 0 saturated carbocycles. The maximum Gasteiger partial charge on any atom is 0.279 e. The Hall–Kier alpha value is -1.80.